The van der Waals surface area contributed by atoms with Crippen LogP contribution in [0.25, 0.3) is 21.6 Å². The summed E-state index contributed by atoms with van der Waals surface area (Å²) in [5.74, 6) is -0.879. The number of ether oxygens (including phenoxy) is 2. The highest BCUT2D eigenvalue weighted by molar-refractivity contribution is 7.18. The lowest BCUT2D eigenvalue weighted by Gasteiger charge is -2.09. The third-order valence-electron chi connectivity index (χ3n) is 3.95. The topological polar surface area (TPSA) is 52.6 Å². The van der Waals surface area contributed by atoms with E-state index in [0.717, 1.165) is 11.1 Å². The summed E-state index contributed by atoms with van der Waals surface area (Å²) in [6.07, 6.45) is 0. The molecule has 27 heavy (non-hydrogen) atoms. The van der Waals surface area contributed by atoms with Crippen LogP contribution in [-0.2, 0) is 9.47 Å². The van der Waals surface area contributed by atoms with Crippen LogP contribution in [-0.4, -0.2) is 25.2 Å². The minimum Gasteiger partial charge on any atom is -0.462 e. The predicted molar refractivity (Wildman–Crippen MR) is 107 cm³/mol. The van der Waals surface area contributed by atoms with Crippen molar-refractivity contribution >= 4 is 23.3 Å². The largest absolute Gasteiger partial charge is 0.462 e. The van der Waals surface area contributed by atoms with Crippen molar-refractivity contribution in [3.05, 3.63) is 71.1 Å². The molecule has 0 saturated carbocycles. The molecular weight excluding hydrogens is 360 g/mol. The van der Waals surface area contributed by atoms with Crippen LogP contribution in [0, 0.1) is 0 Å². The molecule has 0 spiro atoms. The summed E-state index contributed by atoms with van der Waals surface area (Å²) in [5, 5.41) is 0. The molecule has 0 aliphatic rings. The molecule has 1 heterocycles. The molecule has 0 amide bonds. The number of thiophene rings is 1. The molecule has 1 aromatic heterocycles. The van der Waals surface area contributed by atoms with Crippen LogP contribution in [0.4, 0.5) is 0 Å². The number of carbonyl (C=O) groups is 2. The van der Waals surface area contributed by atoms with Crippen LogP contribution in [0.1, 0.15) is 33.9 Å². The first kappa shape index (κ1) is 18.9. The van der Waals surface area contributed by atoms with Crippen molar-refractivity contribution < 1.29 is 19.1 Å². The van der Waals surface area contributed by atoms with Gasteiger partial charge in [-0.2, -0.15) is 0 Å². The second-order valence-electron chi connectivity index (χ2n) is 5.68. The molecule has 0 saturated heterocycles. The maximum atomic E-state index is 12.9. The van der Waals surface area contributed by atoms with Crippen molar-refractivity contribution in [2.75, 3.05) is 13.2 Å². The Morgan fingerprint density at radius 2 is 1.30 bits per heavy atom. The fourth-order valence-electron chi connectivity index (χ4n) is 2.84. The summed E-state index contributed by atoms with van der Waals surface area (Å²) in [5.41, 5.74) is 2.61. The van der Waals surface area contributed by atoms with Gasteiger partial charge in [-0.05, 0) is 25.0 Å². The molecule has 5 heteroatoms. The van der Waals surface area contributed by atoms with Gasteiger partial charge in [0.25, 0.3) is 0 Å². The number of hydrogen-bond donors (Lipinski definition) is 0. The number of carbonyl (C=O) groups excluding carboxylic acids is 2. The quantitative estimate of drug-likeness (QED) is 0.535. The van der Waals surface area contributed by atoms with E-state index in [1.807, 2.05) is 60.7 Å². The molecule has 138 valence electrons. The Hall–Kier alpha value is -2.92. The number of esters is 2. The van der Waals surface area contributed by atoms with Crippen LogP contribution in [0.3, 0.4) is 0 Å². The van der Waals surface area contributed by atoms with Gasteiger partial charge in [-0.1, -0.05) is 60.7 Å². The second-order valence-corrected chi connectivity index (χ2v) is 6.70. The summed E-state index contributed by atoms with van der Waals surface area (Å²) in [4.78, 5) is 26.6. The van der Waals surface area contributed by atoms with Gasteiger partial charge < -0.3 is 9.47 Å². The summed E-state index contributed by atoms with van der Waals surface area (Å²) >= 11 is 1.26. The van der Waals surface area contributed by atoms with E-state index < -0.39 is 11.9 Å². The number of rotatable bonds is 6. The van der Waals surface area contributed by atoms with Gasteiger partial charge >= 0.3 is 11.9 Å². The van der Waals surface area contributed by atoms with E-state index in [0.29, 0.717) is 20.9 Å². The van der Waals surface area contributed by atoms with Crippen molar-refractivity contribution in [1.82, 2.24) is 0 Å². The van der Waals surface area contributed by atoms with Crippen molar-refractivity contribution in [3.8, 4) is 21.6 Å². The van der Waals surface area contributed by atoms with Gasteiger partial charge in [0.15, 0.2) is 0 Å². The predicted octanol–water partition coefficient (Wildman–Crippen LogP) is 5.44. The maximum absolute atomic E-state index is 12.9. The first-order chi connectivity index (χ1) is 13.2. The molecule has 4 nitrogen and oxygen atoms in total. The van der Waals surface area contributed by atoms with Crippen molar-refractivity contribution in [2.45, 2.75) is 13.8 Å². The monoisotopic (exact) mass is 380 g/mol. The van der Waals surface area contributed by atoms with Gasteiger partial charge in [-0.25, -0.2) is 9.59 Å². The zero-order chi connectivity index (χ0) is 19.2. The fourth-order valence-corrected chi connectivity index (χ4v) is 4.05. The Morgan fingerprint density at radius 3 is 1.85 bits per heavy atom. The van der Waals surface area contributed by atoms with E-state index in [9.17, 15) is 9.59 Å². The first-order valence-corrected chi connectivity index (χ1v) is 9.60. The summed E-state index contributed by atoms with van der Waals surface area (Å²) in [6.45, 7) is 4.05. The Labute approximate surface area is 162 Å². The summed E-state index contributed by atoms with van der Waals surface area (Å²) in [7, 11) is 0. The molecule has 0 aliphatic carbocycles. The third kappa shape index (κ3) is 3.93. The van der Waals surface area contributed by atoms with Gasteiger partial charge in [-0.15, -0.1) is 11.3 Å². The van der Waals surface area contributed by atoms with E-state index in [4.69, 9.17) is 9.47 Å². The molecular formula is C22H20O4S. The molecule has 3 aromatic rings. The maximum Gasteiger partial charge on any atom is 0.348 e. The molecule has 2 aromatic carbocycles. The lowest BCUT2D eigenvalue weighted by Crippen LogP contribution is -2.09. The average Bonchev–Trinajstić information content (AvgIpc) is 3.10. The van der Waals surface area contributed by atoms with Crippen LogP contribution in [0.15, 0.2) is 60.7 Å². The van der Waals surface area contributed by atoms with E-state index in [-0.39, 0.29) is 13.2 Å². The first-order valence-electron chi connectivity index (χ1n) is 8.79. The summed E-state index contributed by atoms with van der Waals surface area (Å²) < 4.78 is 10.6. The standard InChI is InChI=1S/C22H20O4S/c1-3-25-21(23)18-17(15-11-7-5-8-12-15)20(22(24)26-4-2)27-19(18)16-13-9-6-10-14-16/h5-14H,3-4H2,1-2H3. The highest BCUT2D eigenvalue weighted by atomic mass is 32.1. The Kier molecular flexibility index (Phi) is 6.04. The molecule has 0 unspecified atom stereocenters. The summed E-state index contributed by atoms with van der Waals surface area (Å²) in [6, 6.07) is 18.9. The zero-order valence-corrected chi connectivity index (χ0v) is 16.0. The lowest BCUT2D eigenvalue weighted by atomic mass is 9.98. The Morgan fingerprint density at radius 1 is 0.778 bits per heavy atom. The van der Waals surface area contributed by atoms with E-state index in [2.05, 4.69) is 0 Å². The van der Waals surface area contributed by atoms with Gasteiger partial charge in [0.2, 0.25) is 0 Å². The van der Waals surface area contributed by atoms with Gasteiger partial charge in [0, 0.05) is 5.56 Å². The van der Waals surface area contributed by atoms with Gasteiger partial charge in [0.05, 0.1) is 23.7 Å². The zero-order valence-electron chi connectivity index (χ0n) is 15.2. The van der Waals surface area contributed by atoms with Crippen LogP contribution in [0.2, 0.25) is 0 Å². The van der Waals surface area contributed by atoms with Crippen LogP contribution < -0.4 is 0 Å². The molecule has 0 aliphatic heterocycles. The Bertz CT molecular complexity index is 930. The average molecular weight is 380 g/mol. The SMILES string of the molecule is CCOC(=O)c1sc(-c2ccccc2)c(C(=O)OCC)c1-c1ccccc1. The van der Waals surface area contributed by atoms with Gasteiger partial charge in [-0.3, -0.25) is 0 Å². The van der Waals surface area contributed by atoms with Gasteiger partial charge in [0.1, 0.15) is 4.88 Å². The molecule has 0 fully saturated rings. The molecule has 0 N–H and O–H groups in total. The fraction of sp³-hybridized carbons (Fsp3) is 0.182. The second kappa shape index (κ2) is 8.64. The van der Waals surface area contributed by atoms with Crippen LogP contribution in [0.5, 0.6) is 0 Å². The third-order valence-corrected chi connectivity index (χ3v) is 5.17. The highest BCUT2D eigenvalue weighted by Crippen LogP contribution is 2.43. The number of hydrogen-bond acceptors (Lipinski definition) is 5. The van der Waals surface area contributed by atoms with Crippen molar-refractivity contribution in [1.29, 1.82) is 0 Å². The molecule has 0 atom stereocenters. The van der Waals surface area contributed by atoms with Crippen LogP contribution >= 0.6 is 11.3 Å². The Balaban J connectivity index is 2.31. The highest BCUT2D eigenvalue weighted by Gasteiger charge is 2.30. The smallest absolute Gasteiger partial charge is 0.348 e. The molecule has 0 bridgehead atoms. The normalized spacial score (nSPS) is 10.4. The van der Waals surface area contributed by atoms with Crippen molar-refractivity contribution in [3.63, 3.8) is 0 Å². The van der Waals surface area contributed by atoms with E-state index in [1.165, 1.54) is 11.3 Å². The minimum atomic E-state index is -0.443. The van der Waals surface area contributed by atoms with Crippen molar-refractivity contribution in [2.24, 2.45) is 0 Å². The number of benzene rings is 2. The molecule has 3 rings (SSSR count). The van der Waals surface area contributed by atoms with E-state index in [1.54, 1.807) is 13.8 Å². The molecule has 0 radical (unpaired) electrons. The van der Waals surface area contributed by atoms with E-state index >= 15 is 0 Å². The minimum absolute atomic E-state index is 0.256. The lowest BCUT2D eigenvalue weighted by molar-refractivity contribution is 0.0528.